The standard InChI is InChI=1S/C19H24N2O2/c1-13-5-6-14(2)21(13)18-9-7-17(8-10-18)19(22)20-11-15(3)23-16(4)12-20/h5-10,15-16H,11-12H2,1-4H3/t15-,16+. The van der Waals surface area contributed by atoms with Crippen molar-refractivity contribution in [3.8, 4) is 5.69 Å². The van der Waals surface area contributed by atoms with Gasteiger partial charge in [-0.2, -0.15) is 0 Å². The Balaban J connectivity index is 1.81. The zero-order chi connectivity index (χ0) is 16.6. The molecule has 0 N–H and O–H groups in total. The van der Waals surface area contributed by atoms with Crippen molar-refractivity contribution >= 4 is 5.91 Å². The van der Waals surface area contributed by atoms with E-state index in [9.17, 15) is 4.79 Å². The lowest BCUT2D eigenvalue weighted by molar-refractivity contribution is -0.0586. The van der Waals surface area contributed by atoms with Crippen molar-refractivity contribution in [1.29, 1.82) is 0 Å². The quantitative estimate of drug-likeness (QED) is 0.852. The summed E-state index contributed by atoms with van der Waals surface area (Å²) in [4.78, 5) is 14.6. The summed E-state index contributed by atoms with van der Waals surface area (Å²) in [5, 5.41) is 0. The number of aromatic nitrogens is 1. The fourth-order valence-electron chi connectivity index (χ4n) is 3.36. The average molecular weight is 312 g/mol. The topological polar surface area (TPSA) is 34.5 Å². The van der Waals surface area contributed by atoms with E-state index >= 15 is 0 Å². The van der Waals surface area contributed by atoms with Crippen LogP contribution in [0.5, 0.6) is 0 Å². The highest BCUT2D eigenvalue weighted by Gasteiger charge is 2.26. The predicted molar refractivity (Wildman–Crippen MR) is 91.2 cm³/mol. The molecule has 1 amide bonds. The van der Waals surface area contributed by atoms with Gasteiger partial charge >= 0.3 is 0 Å². The van der Waals surface area contributed by atoms with E-state index in [1.54, 1.807) is 0 Å². The molecule has 4 nitrogen and oxygen atoms in total. The van der Waals surface area contributed by atoms with Crippen LogP contribution in [-0.4, -0.2) is 40.7 Å². The molecule has 2 heterocycles. The Hall–Kier alpha value is -2.07. The first kappa shape index (κ1) is 15.8. The molecule has 4 heteroatoms. The average Bonchev–Trinajstić information content (AvgIpc) is 2.85. The number of aryl methyl sites for hydroxylation is 2. The van der Waals surface area contributed by atoms with Crippen LogP contribution in [-0.2, 0) is 4.74 Å². The van der Waals surface area contributed by atoms with Crippen molar-refractivity contribution in [2.75, 3.05) is 13.1 Å². The van der Waals surface area contributed by atoms with Crippen LogP contribution in [0.3, 0.4) is 0 Å². The Morgan fingerprint density at radius 3 is 2.00 bits per heavy atom. The van der Waals surface area contributed by atoms with E-state index in [1.807, 2.05) is 43.0 Å². The fraction of sp³-hybridized carbons (Fsp3) is 0.421. The fourth-order valence-corrected chi connectivity index (χ4v) is 3.36. The highest BCUT2D eigenvalue weighted by Crippen LogP contribution is 2.19. The number of hydrogen-bond donors (Lipinski definition) is 0. The molecule has 1 fully saturated rings. The molecule has 0 bridgehead atoms. The molecule has 1 aliphatic rings. The Morgan fingerprint density at radius 1 is 0.957 bits per heavy atom. The number of hydrogen-bond acceptors (Lipinski definition) is 2. The Kier molecular flexibility index (Phi) is 4.26. The molecule has 0 radical (unpaired) electrons. The van der Waals surface area contributed by atoms with Gasteiger partial charge in [-0.3, -0.25) is 4.79 Å². The molecule has 0 aliphatic carbocycles. The largest absolute Gasteiger partial charge is 0.372 e. The second kappa shape index (κ2) is 6.20. The van der Waals surface area contributed by atoms with Crippen molar-refractivity contribution in [1.82, 2.24) is 9.47 Å². The minimum absolute atomic E-state index is 0.0829. The van der Waals surface area contributed by atoms with Crippen molar-refractivity contribution in [3.63, 3.8) is 0 Å². The normalized spacial score (nSPS) is 21.5. The first-order chi connectivity index (χ1) is 11.0. The van der Waals surface area contributed by atoms with Gasteiger partial charge in [0.05, 0.1) is 12.2 Å². The number of amides is 1. The van der Waals surface area contributed by atoms with E-state index in [0.29, 0.717) is 13.1 Å². The second-order valence-electron chi connectivity index (χ2n) is 6.47. The summed E-state index contributed by atoms with van der Waals surface area (Å²) in [6, 6.07) is 12.1. The Bertz CT molecular complexity index is 673. The van der Waals surface area contributed by atoms with Crippen LogP contribution < -0.4 is 0 Å². The molecule has 0 spiro atoms. The van der Waals surface area contributed by atoms with E-state index in [0.717, 1.165) is 11.3 Å². The lowest BCUT2D eigenvalue weighted by atomic mass is 10.1. The van der Waals surface area contributed by atoms with E-state index < -0.39 is 0 Å². The maximum Gasteiger partial charge on any atom is 0.254 e. The van der Waals surface area contributed by atoms with Crippen LogP contribution in [0.15, 0.2) is 36.4 Å². The number of ether oxygens (including phenoxy) is 1. The predicted octanol–water partition coefficient (Wildman–Crippen LogP) is 3.34. The molecule has 1 aliphatic heterocycles. The summed E-state index contributed by atoms with van der Waals surface area (Å²) >= 11 is 0. The molecule has 3 rings (SSSR count). The van der Waals surface area contributed by atoms with E-state index in [4.69, 9.17) is 4.74 Å². The van der Waals surface area contributed by atoms with Gasteiger partial charge < -0.3 is 14.2 Å². The zero-order valence-electron chi connectivity index (χ0n) is 14.2. The first-order valence-electron chi connectivity index (χ1n) is 8.16. The smallest absolute Gasteiger partial charge is 0.254 e. The molecule has 2 atom stereocenters. The van der Waals surface area contributed by atoms with Gasteiger partial charge in [0.25, 0.3) is 5.91 Å². The lowest BCUT2D eigenvalue weighted by Crippen LogP contribution is -2.48. The van der Waals surface area contributed by atoms with Crippen molar-refractivity contribution < 1.29 is 9.53 Å². The first-order valence-corrected chi connectivity index (χ1v) is 8.16. The number of rotatable bonds is 2. The van der Waals surface area contributed by atoms with Crippen LogP contribution in [0.1, 0.15) is 35.6 Å². The highest BCUT2D eigenvalue weighted by atomic mass is 16.5. The van der Waals surface area contributed by atoms with Crippen LogP contribution in [0.25, 0.3) is 5.69 Å². The summed E-state index contributed by atoms with van der Waals surface area (Å²) in [5.41, 5.74) is 4.21. The monoisotopic (exact) mass is 312 g/mol. The molecular weight excluding hydrogens is 288 g/mol. The maximum absolute atomic E-state index is 12.7. The van der Waals surface area contributed by atoms with Gasteiger partial charge in [-0.15, -0.1) is 0 Å². The third kappa shape index (κ3) is 3.17. The highest BCUT2D eigenvalue weighted by molar-refractivity contribution is 5.94. The Labute approximate surface area is 137 Å². The van der Waals surface area contributed by atoms with Gasteiger partial charge in [0.2, 0.25) is 0 Å². The molecule has 1 aromatic heterocycles. The molecular formula is C19H24N2O2. The van der Waals surface area contributed by atoms with Gasteiger partial charge in [-0.1, -0.05) is 0 Å². The Morgan fingerprint density at radius 2 is 1.48 bits per heavy atom. The summed E-state index contributed by atoms with van der Waals surface area (Å²) in [5.74, 6) is 0.0829. The van der Waals surface area contributed by atoms with Crippen LogP contribution in [0.2, 0.25) is 0 Å². The third-order valence-corrected chi connectivity index (χ3v) is 4.35. The lowest BCUT2D eigenvalue weighted by Gasteiger charge is -2.35. The van der Waals surface area contributed by atoms with Gasteiger partial charge in [0.15, 0.2) is 0 Å². The molecule has 2 aromatic rings. The SMILES string of the molecule is Cc1ccc(C)n1-c1ccc(C(=O)N2C[C@@H](C)O[C@@H](C)C2)cc1. The number of morpholine rings is 1. The van der Waals surface area contributed by atoms with Crippen LogP contribution in [0, 0.1) is 13.8 Å². The molecule has 23 heavy (non-hydrogen) atoms. The maximum atomic E-state index is 12.7. The van der Waals surface area contributed by atoms with Crippen molar-refractivity contribution in [3.05, 3.63) is 53.3 Å². The number of carbonyl (C=O) groups excluding carboxylic acids is 1. The number of benzene rings is 1. The van der Waals surface area contributed by atoms with E-state index in [-0.39, 0.29) is 18.1 Å². The van der Waals surface area contributed by atoms with E-state index in [1.165, 1.54) is 11.4 Å². The molecule has 0 unspecified atom stereocenters. The summed E-state index contributed by atoms with van der Waals surface area (Å²) in [6.07, 6.45) is 0.180. The zero-order valence-corrected chi connectivity index (χ0v) is 14.2. The van der Waals surface area contributed by atoms with Gasteiger partial charge in [-0.25, -0.2) is 0 Å². The number of nitrogens with zero attached hydrogens (tertiary/aromatic N) is 2. The second-order valence-corrected chi connectivity index (χ2v) is 6.47. The minimum Gasteiger partial charge on any atom is -0.372 e. The van der Waals surface area contributed by atoms with Gasteiger partial charge in [-0.05, 0) is 64.1 Å². The minimum atomic E-state index is 0.0829. The molecule has 1 saturated heterocycles. The number of carbonyl (C=O) groups is 1. The van der Waals surface area contributed by atoms with Gasteiger partial charge in [0.1, 0.15) is 0 Å². The summed E-state index contributed by atoms with van der Waals surface area (Å²) < 4.78 is 7.89. The van der Waals surface area contributed by atoms with Gasteiger partial charge in [0, 0.05) is 35.7 Å². The van der Waals surface area contributed by atoms with E-state index in [2.05, 4.69) is 30.5 Å². The van der Waals surface area contributed by atoms with Crippen LogP contribution >= 0.6 is 0 Å². The van der Waals surface area contributed by atoms with Crippen molar-refractivity contribution in [2.24, 2.45) is 0 Å². The summed E-state index contributed by atoms with van der Waals surface area (Å²) in [6.45, 7) is 9.50. The molecule has 1 aromatic carbocycles. The van der Waals surface area contributed by atoms with Crippen LogP contribution in [0.4, 0.5) is 0 Å². The van der Waals surface area contributed by atoms with Crippen molar-refractivity contribution in [2.45, 2.75) is 39.9 Å². The molecule has 122 valence electrons. The molecule has 0 saturated carbocycles. The summed E-state index contributed by atoms with van der Waals surface area (Å²) in [7, 11) is 0. The third-order valence-electron chi connectivity index (χ3n) is 4.35.